The maximum absolute atomic E-state index is 13.2. The van der Waals surface area contributed by atoms with Crippen molar-refractivity contribution in [3.8, 4) is 0 Å². The van der Waals surface area contributed by atoms with Gasteiger partial charge in [-0.2, -0.15) is 0 Å². The van der Waals surface area contributed by atoms with E-state index in [0.29, 0.717) is 12.1 Å². The van der Waals surface area contributed by atoms with Crippen LogP contribution >= 0.6 is 0 Å². The molecular weight excluding hydrogens is 355 g/mol. The van der Waals surface area contributed by atoms with Crippen LogP contribution in [0.5, 0.6) is 0 Å². The van der Waals surface area contributed by atoms with Gasteiger partial charge < -0.3 is 10.6 Å². The maximum Gasteiger partial charge on any atom is 0.240 e. The van der Waals surface area contributed by atoms with Crippen LogP contribution in [0.15, 0.2) is 58.4 Å². The monoisotopic (exact) mass is 376 g/mol. The van der Waals surface area contributed by atoms with E-state index in [2.05, 4.69) is 20.3 Å². The molecule has 3 rings (SSSR count). The van der Waals surface area contributed by atoms with E-state index < -0.39 is 15.8 Å². The molecule has 0 atom stereocenters. The largest absolute Gasteiger partial charge is 0.356 e. The van der Waals surface area contributed by atoms with Gasteiger partial charge in [-0.15, -0.1) is 0 Å². The summed E-state index contributed by atoms with van der Waals surface area (Å²) in [5, 5.41) is 6.32. The van der Waals surface area contributed by atoms with Gasteiger partial charge in [0.05, 0.1) is 4.90 Å². The summed E-state index contributed by atoms with van der Waals surface area (Å²) in [4.78, 5) is 4.49. The topological polar surface area (TPSA) is 82.6 Å². The van der Waals surface area contributed by atoms with Gasteiger partial charge in [0.1, 0.15) is 5.82 Å². The van der Waals surface area contributed by atoms with Crippen molar-refractivity contribution < 1.29 is 12.8 Å². The molecule has 138 valence electrons. The first kappa shape index (κ1) is 18.3. The van der Waals surface area contributed by atoms with E-state index in [4.69, 9.17) is 0 Å². The summed E-state index contributed by atoms with van der Waals surface area (Å²) in [6.45, 7) is 2.17. The highest BCUT2D eigenvalue weighted by atomic mass is 32.2. The number of sulfonamides is 1. The molecule has 1 aliphatic heterocycles. The molecule has 1 heterocycles. The van der Waals surface area contributed by atoms with Crippen molar-refractivity contribution in [1.82, 2.24) is 15.4 Å². The number of guanidine groups is 1. The van der Waals surface area contributed by atoms with Gasteiger partial charge >= 0.3 is 0 Å². The molecule has 3 N–H and O–H groups in total. The van der Waals surface area contributed by atoms with E-state index in [0.717, 1.165) is 31.0 Å². The summed E-state index contributed by atoms with van der Waals surface area (Å²) >= 11 is 0. The lowest BCUT2D eigenvalue weighted by Gasteiger charge is -2.16. The summed E-state index contributed by atoms with van der Waals surface area (Å²) in [5.74, 6) is 0.336. The van der Waals surface area contributed by atoms with E-state index in [9.17, 15) is 12.8 Å². The Bertz CT molecular complexity index is 900. The third kappa shape index (κ3) is 5.03. The Kier molecular flexibility index (Phi) is 5.85. The number of hydrogen-bond donors (Lipinski definition) is 3. The molecule has 0 saturated heterocycles. The van der Waals surface area contributed by atoms with Crippen molar-refractivity contribution in [2.45, 2.75) is 24.4 Å². The highest BCUT2D eigenvalue weighted by molar-refractivity contribution is 7.89. The van der Waals surface area contributed by atoms with Crippen LogP contribution in [-0.4, -0.2) is 27.5 Å². The Morgan fingerprint density at radius 3 is 2.58 bits per heavy atom. The quantitative estimate of drug-likeness (QED) is 0.717. The summed E-state index contributed by atoms with van der Waals surface area (Å²) in [6, 6.07) is 12.5. The fourth-order valence-electron chi connectivity index (χ4n) is 2.57. The number of rotatable bonds is 6. The first-order chi connectivity index (χ1) is 12.5. The first-order valence-electron chi connectivity index (χ1n) is 8.38. The minimum Gasteiger partial charge on any atom is -0.356 e. The molecular formula is C18H21FN4O2S. The third-order valence-electron chi connectivity index (χ3n) is 3.92. The summed E-state index contributed by atoms with van der Waals surface area (Å²) in [7, 11) is -3.68. The average Bonchev–Trinajstić information content (AvgIpc) is 2.66. The number of nitrogens with one attached hydrogen (secondary N) is 3. The molecule has 0 fully saturated rings. The lowest BCUT2D eigenvalue weighted by atomic mass is 10.2. The number of hydrogen-bond acceptors (Lipinski definition) is 5. The molecule has 0 aromatic heterocycles. The van der Waals surface area contributed by atoms with Crippen LogP contribution in [0.1, 0.15) is 17.5 Å². The second-order valence-electron chi connectivity index (χ2n) is 5.97. The molecule has 0 spiro atoms. The first-order valence-corrected chi connectivity index (χ1v) is 9.86. The Morgan fingerprint density at radius 1 is 1.08 bits per heavy atom. The zero-order valence-corrected chi connectivity index (χ0v) is 15.0. The number of benzene rings is 2. The van der Waals surface area contributed by atoms with Gasteiger partial charge in [-0.1, -0.05) is 24.3 Å². The molecule has 6 nitrogen and oxygen atoms in total. The highest BCUT2D eigenvalue weighted by Gasteiger charge is 2.14. The summed E-state index contributed by atoms with van der Waals surface area (Å²) < 4.78 is 40.7. The van der Waals surface area contributed by atoms with Gasteiger partial charge in [-0.25, -0.2) is 17.5 Å². The predicted molar refractivity (Wildman–Crippen MR) is 98.6 cm³/mol. The second kappa shape index (κ2) is 8.29. The van der Waals surface area contributed by atoms with Gasteiger partial charge in [-0.3, -0.25) is 4.99 Å². The standard InChI is InChI=1S/C18H21FN4O2S/c19-16-6-1-4-14(10-16)13-23-26(24,25)17-7-2-5-15(11-17)12-22-18-20-8-3-9-21-18/h1-2,4-7,10-11,23H,3,8-9,12-13H2,(H2,20,21,22). The minimum atomic E-state index is -3.68. The SMILES string of the molecule is O=S(=O)(NCc1cccc(F)c1)c1cccc(CNC2=NCCCN2)c1. The molecule has 0 unspecified atom stereocenters. The number of aliphatic imine (C=N–C) groups is 1. The molecule has 0 aliphatic carbocycles. The third-order valence-corrected chi connectivity index (χ3v) is 5.32. The van der Waals surface area contributed by atoms with E-state index >= 15 is 0 Å². The van der Waals surface area contributed by atoms with Gasteiger partial charge in [0.2, 0.25) is 10.0 Å². The number of halogens is 1. The Balaban J connectivity index is 1.64. The fraction of sp³-hybridized carbons (Fsp3) is 0.278. The molecule has 8 heteroatoms. The minimum absolute atomic E-state index is 0.0310. The normalized spacial score (nSPS) is 14.4. The van der Waals surface area contributed by atoms with E-state index in [1.54, 1.807) is 24.3 Å². The summed E-state index contributed by atoms with van der Waals surface area (Å²) in [5.41, 5.74) is 1.39. The van der Waals surface area contributed by atoms with Crippen LogP contribution in [-0.2, 0) is 23.1 Å². The molecule has 1 aliphatic rings. The Labute approximate surface area is 152 Å². The predicted octanol–water partition coefficient (Wildman–Crippen LogP) is 1.74. The van der Waals surface area contributed by atoms with Crippen LogP contribution in [0, 0.1) is 5.82 Å². The van der Waals surface area contributed by atoms with Crippen molar-refractivity contribution in [3.05, 3.63) is 65.5 Å². The van der Waals surface area contributed by atoms with Crippen LogP contribution in [0.3, 0.4) is 0 Å². The molecule has 0 radical (unpaired) electrons. The number of nitrogens with zero attached hydrogens (tertiary/aromatic N) is 1. The van der Waals surface area contributed by atoms with Crippen molar-refractivity contribution in [2.24, 2.45) is 4.99 Å². The summed E-state index contributed by atoms with van der Waals surface area (Å²) in [6.07, 6.45) is 1.01. The smallest absolute Gasteiger partial charge is 0.240 e. The van der Waals surface area contributed by atoms with Crippen molar-refractivity contribution in [2.75, 3.05) is 13.1 Å². The lowest BCUT2D eigenvalue weighted by Crippen LogP contribution is -2.40. The highest BCUT2D eigenvalue weighted by Crippen LogP contribution is 2.13. The van der Waals surface area contributed by atoms with Crippen molar-refractivity contribution >= 4 is 16.0 Å². The Hall–Kier alpha value is -2.45. The Morgan fingerprint density at radius 2 is 1.85 bits per heavy atom. The van der Waals surface area contributed by atoms with Crippen LogP contribution in [0.4, 0.5) is 4.39 Å². The van der Waals surface area contributed by atoms with E-state index in [1.165, 1.54) is 18.2 Å². The average molecular weight is 376 g/mol. The fourth-order valence-corrected chi connectivity index (χ4v) is 3.66. The molecule has 0 saturated carbocycles. The van der Waals surface area contributed by atoms with Gasteiger partial charge in [0.25, 0.3) is 0 Å². The molecule has 2 aromatic carbocycles. The van der Waals surface area contributed by atoms with E-state index in [-0.39, 0.29) is 11.4 Å². The van der Waals surface area contributed by atoms with Gasteiger partial charge in [-0.05, 0) is 41.8 Å². The van der Waals surface area contributed by atoms with Gasteiger partial charge in [0.15, 0.2) is 5.96 Å². The van der Waals surface area contributed by atoms with Crippen molar-refractivity contribution in [3.63, 3.8) is 0 Å². The molecule has 26 heavy (non-hydrogen) atoms. The van der Waals surface area contributed by atoms with Crippen molar-refractivity contribution in [1.29, 1.82) is 0 Å². The zero-order valence-electron chi connectivity index (χ0n) is 14.2. The maximum atomic E-state index is 13.2. The second-order valence-corrected chi connectivity index (χ2v) is 7.73. The molecule has 2 aromatic rings. The molecule has 0 amide bonds. The zero-order chi connectivity index (χ0) is 18.4. The molecule has 0 bridgehead atoms. The van der Waals surface area contributed by atoms with Crippen LogP contribution in [0.25, 0.3) is 0 Å². The van der Waals surface area contributed by atoms with Crippen LogP contribution in [0.2, 0.25) is 0 Å². The lowest BCUT2D eigenvalue weighted by molar-refractivity contribution is 0.580. The van der Waals surface area contributed by atoms with E-state index in [1.807, 2.05) is 6.07 Å². The van der Waals surface area contributed by atoms with Gasteiger partial charge in [0, 0.05) is 26.2 Å². The van der Waals surface area contributed by atoms with Crippen LogP contribution < -0.4 is 15.4 Å².